The van der Waals surface area contributed by atoms with E-state index >= 15 is 0 Å². The van der Waals surface area contributed by atoms with Crippen molar-refractivity contribution in [2.24, 2.45) is 0 Å². The lowest BCUT2D eigenvalue weighted by atomic mass is 10.2. The second-order valence-corrected chi connectivity index (χ2v) is 3.80. The lowest BCUT2D eigenvalue weighted by Crippen LogP contribution is -2.36. The number of hydrogen-bond donors (Lipinski definition) is 1. The van der Waals surface area contributed by atoms with E-state index in [0.29, 0.717) is 0 Å². The van der Waals surface area contributed by atoms with Gasteiger partial charge < -0.3 is 14.6 Å². The van der Waals surface area contributed by atoms with Crippen LogP contribution in [-0.4, -0.2) is 35.9 Å². The molecule has 2 atom stereocenters. The average Bonchev–Trinajstić information content (AvgIpc) is 2.24. The van der Waals surface area contributed by atoms with E-state index in [9.17, 15) is 9.59 Å². The largest absolute Gasteiger partial charge is 0.455 e. The highest BCUT2D eigenvalue weighted by atomic mass is 16.6. The van der Waals surface area contributed by atoms with E-state index in [-0.39, 0.29) is 11.1 Å². The Labute approximate surface area is 101 Å². The van der Waals surface area contributed by atoms with Crippen LogP contribution in [0.15, 0.2) is 24.3 Å². The van der Waals surface area contributed by atoms with Crippen molar-refractivity contribution in [1.29, 1.82) is 0 Å². The van der Waals surface area contributed by atoms with Crippen molar-refractivity contribution in [2.75, 3.05) is 6.61 Å². The number of rotatable bonds is 6. The monoisotopic (exact) mass is 242 g/mol. The Kier molecular flexibility index (Phi) is 6.20. The number of carbonyl (C=O) groups is 2. The Hall–Kier alpha value is -1.62. The quantitative estimate of drug-likeness (QED) is 0.555. The van der Waals surface area contributed by atoms with Crippen LogP contribution in [0.3, 0.4) is 0 Å². The topological polar surface area (TPSA) is 72.8 Å². The van der Waals surface area contributed by atoms with Crippen LogP contribution < -0.4 is 0 Å². The van der Waals surface area contributed by atoms with E-state index in [1.54, 1.807) is 0 Å². The van der Waals surface area contributed by atoms with Gasteiger partial charge >= 0.3 is 11.9 Å². The number of esters is 2. The lowest BCUT2D eigenvalue weighted by molar-refractivity contribution is -0.164. The molecule has 0 amide bonds. The fourth-order valence-electron chi connectivity index (χ4n) is 0.865. The van der Waals surface area contributed by atoms with Crippen LogP contribution in [0, 0.1) is 0 Å². The smallest absolute Gasteiger partial charge is 0.333 e. The zero-order valence-corrected chi connectivity index (χ0v) is 10.4. The summed E-state index contributed by atoms with van der Waals surface area (Å²) in [5.74, 6) is -1.23. The Morgan fingerprint density at radius 3 is 1.88 bits per heavy atom. The van der Waals surface area contributed by atoms with Crippen LogP contribution in [0.1, 0.15) is 20.8 Å². The zero-order chi connectivity index (χ0) is 13.6. The first-order valence-corrected chi connectivity index (χ1v) is 5.13. The van der Waals surface area contributed by atoms with Gasteiger partial charge in [0.2, 0.25) is 0 Å². The van der Waals surface area contributed by atoms with Crippen molar-refractivity contribution in [3.63, 3.8) is 0 Å². The van der Waals surface area contributed by atoms with Gasteiger partial charge in [-0.15, -0.1) is 0 Å². The van der Waals surface area contributed by atoms with Crippen molar-refractivity contribution in [2.45, 2.75) is 33.0 Å². The molecule has 0 aromatic carbocycles. The maximum atomic E-state index is 11.2. The second kappa shape index (κ2) is 6.85. The molecular weight excluding hydrogens is 224 g/mol. The highest BCUT2D eigenvalue weighted by Gasteiger charge is 2.24. The first-order valence-electron chi connectivity index (χ1n) is 5.13. The Morgan fingerprint density at radius 1 is 1.12 bits per heavy atom. The number of hydrogen-bond acceptors (Lipinski definition) is 5. The molecule has 2 unspecified atom stereocenters. The molecule has 96 valence electrons. The minimum Gasteiger partial charge on any atom is -0.455 e. The molecule has 1 N–H and O–H groups in total. The summed E-state index contributed by atoms with van der Waals surface area (Å²) in [7, 11) is 0. The summed E-state index contributed by atoms with van der Waals surface area (Å²) in [5.41, 5.74) is 0.446. The van der Waals surface area contributed by atoms with Gasteiger partial charge in [0, 0.05) is 11.1 Å². The molecule has 0 aliphatic carbocycles. The van der Waals surface area contributed by atoms with Crippen LogP contribution in [0.4, 0.5) is 0 Å². The molecule has 0 spiro atoms. The Morgan fingerprint density at radius 2 is 1.53 bits per heavy atom. The molecule has 0 rings (SSSR count). The summed E-state index contributed by atoms with van der Waals surface area (Å²) in [4.78, 5) is 22.5. The fourth-order valence-corrected chi connectivity index (χ4v) is 0.865. The Bertz CT molecular complexity index is 332. The van der Waals surface area contributed by atoms with Gasteiger partial charge in [-0.25, -0.2) is 9.59 Å². The Balaban J connectivity index is 4.45. The van der Waals surface area contributed by atoms with E-state index < -0.39 is 30.8 Å². The van der Waals surface area contributed by atoms with Crippen molar-refractivity contribution in [1.82, 2.24) is 0 Å². The summed E-state index contributed by atoms with van der Waals surface area (Å²) >= 11 is 0. The third-order valence-corrected chi connectivity index (χ3v) is 1.95. The van der Waals surface area contributed by atoms with Crippen molar-refractivity contribution in [3.8, 4) is 0 Å². The minimum absolute atomic E-state index is 0.210. The van der Waals surface area contributed by atoms with E-state index in [0.717, 1.165) is 0 Å². The normalized spacial score (nSPS) is 13.4. The maximum absolute atomic E-state index is 11.2. The van der Waals surface area contributed by atoms with Gasteiger partial charge in [0.15, 0.2) is 6.10 Å². The van der Waals surface area contributed by atoms with Crippen LogP contribution in [0.2, 0.25) is 0 Å². The highest BCUT2D eigenvalue weighted by Crippen LogP contribution is 2.08. The number of carbonyl (C=O) groups excluding carboxylic acids is 2. The molecule has 0 saturated carbocycles. The predicted octanol–water partition coefficient (Wildman–Crippen LogP) is 0.974. The van der Waals surface area contributed by atoms with E-state index in [2.05, 4.69) is 13.2 Å². The van der Waals surface area contributed by atoms with E-state index in [4.69, 9.17) is 14.6 Å². The molecule has 0 bridgehead atoms. The van der Waals surface area contributed by atoms with Crippen molar-refractivity contribution in [3.05, 3.63) is 24.3 Å². The van der Waals surface area contributed by atoms with Gasteiger partial charge in [-0.1, -0.05) is 13.2 Å². The molecule has 17 heavy (non-hydrogen) atoms. The molecule has 0 aliphatic heterocycles. The van der Waals surface area contributed by atoms with Gasteiger partial charge in [-0.3, -0.25) is 0 Å². The predicted molar refractivity (Wildman–Crippen MR) is 62.1 cm³/mol. The molecular formula is C12H18O5. The van der Waals surface area contributed by atoms with Crippen LogP contribution in [-0.2, 0) is 19.1 Å². The summed E-state index contributed by atoms with van der Waals surface area (Å²) in [5, 5.41) is 9.06. The maximum Gasteiger partial charge on any atom is 0.333 e. The van der Waals surface area contributed by atoms with E-state index in [1.165, 1.54) is 20.8 Å². The van der Waals surface area contributed by atoms with Crippen molar-refractivity contribution >= 4 is 11.9 Å². The van der Waals surface area contributed by atoms with Crippen LogP contribution in [0.5, 0.6) is 0 Å². The average molecular weight is 242 g/mol. The highest BCUT2D eigenvalue weighted by molar-refractivity contribution is 5.88. The molecule has 0 radical (unpaired) electrons. The van der Waals surface area contributed by atoms with Gasteiger partial charge in [0.05, 0.1) is 6.61 Å². The van der Waals surface area contributed by atoms with Crippen LogP contribution in [0.25, 0.3) is 0 Å². The molecule has 0 aliphatic rings. The number of aliphatic hydroxyl groups excluding tert-OH is 1. The second-order valence-electron chi connectivity index (χ2n) is 3.80. The summed E-state index contributed by atoms with van der Waals surface area (Å²) in [6, 6.07) is 0. The SMILES string of the molecule is C=C(C)C(=O)OC(C)C(CO)OC(=O)C(=C)C. The summed E-state index contributed by atoms with van der Waals surface area (Å²) < 4.78 is 9.85. The molecule has 0 heterocycles. The summed E-state index contributed by atoms with van der Waals surface area (Å²) in [6.07, 6.45) is -1.67. The number of ether oxygens (including phenoxy) is 2. The van der Waals surface area contributed by atoms with Crippen LogP contribution >= 0.6 is 0 Å². The van der Waals surface area contributed by atoms with Gasteiger partial charge in [0.25, 0.3) is 0 Å². The molecule has 0 aromatic rings. The molecule has 5 heteroatoms. The third kappa shape index (κ3) is 5.31. The summed E-state index contributed by atoms with van der Waals surface area (Å²) in [6.45, 7) is 10.9. The fraction of sp³-hybridized carbons (Fsp3) is 0.500. The lowest BCUT2D eigenvalue weighted by Gasteiger charge is -2.22. The molecule has 0 aromatic heterocycles. The minimum atomic E-state index is -0.914. The van der Waals surface area contributed by atoms with Gasteiger partial charge in [-0.05, 0) is 20.8 Å². The first kappa shape index (κ1) is 15.4. The van der Waals surface area contributed by atoms with E-state index in [1.807, 2.05) is 0 Å². The standard InChI is InChI=1S/C12H18O5/c1-7(2)11(14)16-9(5)10(6-13)17-12(15)8(3)4/h9-10,13H,1,3,6H2,2,4-5H3. The van der Waals surface area contributed by atoms with Crippen molar-refractivity contribution < 1.29 is 24.2 Å². The zero-order valence-electron chi connectivity index (χ0n) is 10.4. The molecule has 0 saturated heterocycles. The molecule has 0 fully saturated rings. The first-order chi connectivity index (χ1) is 7.79. The number of aliphatic hydroxyl groups is 1. The van der Waals surface area contributed by atoms with Gasteiger partial charge in [-0.2, -0.15) is 0 Å². The third-order valence-electron chi connectivity index (χ3n) is 1.95. The molecule has 5 nitrogen and oxygen atoms in total. The van der Waals surface area contributed by atoms with Gasteiger partial charge in [0.1, 0.15) is 6.10 Å².